The van der Waals surface area contributed by atoms with Gasteiger partial charge in [-0.2, -0.15) is 13.2 Å². The number of aliphatic hydroxyl groups excluding tert-OH is 1. The van der Waals surface area contributed by atoms with Crippen LogP contribution in [0.5, 0.6) is 0 Å². The topological polar surface area (TPSA) is 90.5 Å². The van der Waals surface area contributed by atoms with E-state index in [2.05, 4.69) is 16.0 Å². The Morgan fingerprint density at radius 1 is 0.778 bits per heavy atom. The maximum atomic E-state index is 13.8. The van der Waals surface area contributed by atoms with E-state index in [1.165, 1.54) is 12.1 Å². The maximum Gasteiger partial charge on any atom is 0.405 e. The molecule has 2 amide bonds. The number of aliphatic hydroxyl groups is 1. The number of hydrogen-bond donors (Lipinski definition) is 4. The first-order valence-corrected chi connectivity index (χ1v) is 18.6. The van der Waals surface area contributed by atoms with Crippen molar-refractivity contribution < 1.29 is 36.6 Å². The van der Waals surface area contributed by atoms with Crippen molar-refractivity contribution in [1.82, 2.24) is 16.0 Å². The van der Waals surface area contributed by atoms with E-state index in [0.29, 0.717) is 60.9 Å². The van der Waals surface area contributed by atoms with Crippen molar-refractivity contribution in [3.05, 3.63) is 119 Å². The Morgan fingerprint density at radius 3 is 2.02 bits per heavy atom. The third-order valence-electron chi connectivity index (χ3n) is 10.8. The lowest BCUT2D eigenvalue weighted by Crippen LogP contribution is -2.47. The number of rotatable bonds is 14. The Bertz CT molecular complexity index is 1880. The van der Waals surface area contributed by atoms with Crippen LogP contribution >= 0.6 is 0 Å². The Balaban J connectivity index is 1.02. The summed E-state index contributed by atoms with van der Waals surface area (Å²) in [4.78, 5) is 27.0. The van der Waals surface area contributed by atoms with Crippen molar-refractivity contribution in [3.63, 3.8) is 0 Å². The van der Waals surface area contributed by atoms with E-state index >= 15 is 0 Å². The summed E-state index contributed by atoms with van der Waals surface area (Å²) in [5.74, 6) is -3.93. The summed E-state index contributed by atoms with van der Waals surface area (Å²) in [6.07, 6.45) is -0.551. The molecule has 6 nitrogen and oxygen atoms in total. The zero-order valence-corrected chi connectivity index (χ0v) is 30.2. The number of carbonyl (C=O) groups excluding carboxylic acids is 2. The zero-order chi connectivity index (χ0) is 38.5. The zero-order valence-electron chi connectivity index (χ0n) is 30.2. The summed E-state index contributed by atoms with van der Waals surface area (Å²) in [5, 5.41) is 19.7. The molecule has 2 aliphatic rings. The molecule has 1 saturated carbocycles. The molecule has 3 unspecified atom stereocenters. The molecule has 0 radical (unpaired) electrons. The first kappa shape index (κ1) is 39.1. The molecule has 0 bridgehead atoms. The fourth-order valence-corrected chi connectivity index (χ4v) is 8.17. The molecule has 0 spiro atoms. The van der Waals surface area contributed by atoms with Crippen molar-refractivity contribution in [1.29, 1.82) is 0 Å². The average Bonchev–Trinajstić information content (AvgIpc) is 3.45. The van der Waals surface area contributed by atoms with Crippen LogP contribution in [0, 0.1) is 5.92 Å². The van der Waals surface area contributed by atoms with Crippen molar-refractivity contribution in [2.75, 3.05) is 13.1 Å². The lowest BCUT2D eigenvalue weighted by molar-refractivity contribution is -0.141. The van der Waals surface area contributed by atoms with Crippen LogP contribution in [-0.4, -0.2) is 42.2 Å². The van der Waals surface area contributed by atoms with Crippen LogP contribution in [0.2, 0.25) is 0 Å². The summed E-state index contributed by atoms with van der Waals surface area (Å²) in [5.41, 5.74) is 3.79. The SMILES string of the molecule is CC(F)(F)c1ccc(-c2ccccc2C(O)NC2CCCC(C(=O)NCCCCCC3(C(=O)NCC(F)(F)F)c4ccccc4-c4ccccc43)C2)cc1. The summed E-state index contributed by atoms with van der Waals surface area (Å²) in [6.45, 7) is -0.134. The second-order valence-corrected chi connectivity index (χ2v) is 14.6. The number of benzene rings is 4. The van der Waals surface area contributed by atoms with Crippen LogP contribution in [-0.2, 0) is 20.9 Å². The molecular formula is C43H46F5N3O3. The number of nitrogens with one attached hydrogen (secondary N) is 3. The predicted molar refractivity (Wildman–Crippen MR) is 198 cm³/mol. The highest BCUT2D eigenvalue weighted by Crippen LogP contribution is 2.51. The van der Waals surface area contributed by atoms with Gasteiger partial charge in [-0.1, -0.05) is 116 Å². The number of amides is 2. The fraction of sp³-hybridized carbons (Fsp3) is 0.395. The number of hydrogen-bond acceptors (Lipinski definition) is 4. The number of halogens is 5. The second kappa shape index (κ2) is 16.4. The summed E-state index contributed by atoms with van der Waals surface area (Å²) in [6, 6.07) is 27.9. The van der Waals surface area contributed by atoms with Gasteiger partial charge in [0.2, 0.25) is 11.8 Å². The van der Waals surface area contributed by atoms with E-state index in [9.17, 15) is 36.6 Å². The average molecular weight is 748 g/mol. The van der Waals surface area contributed by atoms with Crippen LogP contribution in [0.15, 0.2) is 97.1 Å². The molecule has 11 heteroatoms. The van der Waals surface area contributed by atoms with Gasteiger partial charge in [-0.15, -0.1) is 0 Å². The highest BCUT2D eigenvalue weighted by molar-refractivity contribution is 6.00. The van der Waals surface area contributed by atoms with Crippen LogP contribution in [0.4, 0.5) is 22.0 Å². The molecule has 3 atom stereocenters. The predicted octanol–water partition coefficient (Wildman–Crippen LogP) is 8.93. The third kappa shape index (κ3) is 8.68. The van der Waals surface area contributed by atoms with Gasteiger partial charge in [-0.05, 0) is 65.5 Å². The molecule has 6 rings (SSSR count). The summed E-state index contributed by atoms with van der Waals surface area (Å²) >= 11 is 0. The van der Waals surface area contributed by atoms with Gasteiger partial charge in [0.1, 0.15) is 18.2 Å². The standard InChI is InChI=1S/C43H46F5N3O3/c1-41(44,45)30-22-20-28(21-23-30)32-14-3-4-17-35(32)39(53)51-31-13-11-12-29(26-31)38(52)49-25-10-2-9-24-42(40(54)50-27-43(46,47)48)36-18-7-5-15-33(36)34-16-6-8-19-37(34)42/h3-8,14-23,29,31,39,51,53H,2,9-13,24-27H2,1H3,(H,49,52)(H,50,54). The van der Waals surface area contributed by atoms with Gasteiger partial charge in [0.25, 0.3) is 5.92 Å². The summed E-state index contributed by atoms with van der Waals surface area (Å²) in [7, 11) is 0. The molecule has 2 aliphatic carbocycles. The monoisotopic (exact) mass is 747 g/mol. The Morgan fingerprint density at radius 2 is 1.39 bits per heavy atom. The maximum absolute atomic E-state index is 13.8. The first-order valence-electron chi connectivity index (χ1n) is 18.6. The molecule has 54 heavy (non-hydrogen) atoms. The van der Waals surface area contributed by atoms with Crippen LogP contribution in [0.3, 0.4) is 0 Å². The molecule has 0 saturated heterocycles. The Kier molecular flexibility index (Phi) is 11.9. The fourth-order valence-electron chi connectivity index (χ4n) is 8.17. The highest BCUT2D eigenvalue weighted by Gasteiger charge is 2.49. The molecule has 0 aromatic heterocycles. The minimum absolute atomic E-state index is 0.0640. The van der Waals surface area contributed by atoms with E-state index in [4.69, 9.17) is 0 Å². The molecule has 286 valence electrons. The van der Waals surface area contributed by atoms with E-state index < -0.39 is 36.2 Å². The van der Waals surface area contributed by atoms with Crippen LogP contribution in [0.1, 0.15) is 86.8 Å². The van der Waals surface area contributed by atoms with E-state index in [1.807, 2.05) is 54.6 Å². The van der Waals surface area contributed by atoms with Gasteiger partial charge in [0, 0.05) is 36.6 Å². The molecule has 4 aromatic carbocycles. The normalized spacial score (nSPS) is 18.4. The van der Waals surface area contributed by atoms with Crippen molar-refractivity contribution in [2.24, 2.45) is 5.92 Å². The Hall–Kier alpha value is -4.61. The molecular weight excluding hydrogens is 701 g/mol. The number of unbranched alkanes of at least 4 members (excludes halogenated alkanes) is 2. The number of fused-ring (bicyclic) bond motifs is 3. The number of carbonyl (C=O) groups is 2. The quantitative estimate of drug-likeness (QED) is 0.0590. The van der Waals surface area contributed by atoms with Gasteiger partial charge in [-0.3, -0.25) is 14.9 Å². The van der Waals surface area contributed by atoms with Gasteiger partial charge in [0.05, 0.1) is 0 Å². The van der Waals surface area contributed by atoms with Crippen molar-refractivity contribution in [2.45, 2.75) is 88.1 Å². The second-order valence-electron chi connectivity index (χ2n) is 14.6. The van der Waals surface area contributed by atoms with Crippen LogP contribution < -0.4 is 16.0 Å². The lowest BCUT2D eigenvalue weighted by Gasteiger charge is -2.31. The minimum Gasteiger partial charge on any atom is -0.374 e. The summed E-state index contributed by atoms with van der Waals surface area (Å²) < 4.78 is 67.1. The van der Waals surface area contributed by atoms with Crippen LogP contribution in [0.25, 0.3) is 22.3 Å². The lowest BCUT2D eigenvalue weighted by atomic mass is 9.73. The van der Waals surface area contributed by atoms with Gasteiger partial charge in [0.15, 0.2) is 0 Å². The smallest absolute Gasteiger partial charge is 0.374 e. The van der Waals surface area contributed by atoms with E-state index in [-0.39, 0.29) is 23.4 Å². The van der Waals surface area contributed by atoms with Gasteiger partial charge < -0.3 is 15.7 Å². The molecule has 1 fully saturated rings. The van der Waals surface area contributed by atoms with Crippen molar-refractivity contribution in [3.8, 4) is 22.3 Å². The molecule has 4 N–H and O–H groups in total. The Labute approximate surface area is 312 Å². The van der Waals surface area contributed by atoms with E-state index in [1.54, 1.807) is 30.3 Å². The van der Waals surface area contributed by atoms with E-state index in [0.717, 1.165) is 42.9 Å². The third-order valence-corrected chi connectivity index (χ3v) is 10.8. The number of alkyl halides is 5. The van der Waals surface area contributed by atoms with Gasteiger partial charge in [-0.25, -0.2) is 8.78 Å². The largest absolute Gasteiger partial charge is 0.405 e. The molecule has 0 heterocycles. The molecule has 0 aliphatic heterocycles. The van der Waals surface area contributed by atoms with Gasteiger partial charge >= 0.3 is 6.18 Å². The van der Waals surface area contributed by atoms with Crippen molar-refractivity contribution >= 4 is 11.8 Å². The minimum atomic E-state index is -4.54. The first-order chi connectivity index (χ1) is 25.8. The molecule has 4 aromatic rings. The highest BCUT2D eigenvalue weighted by atomic mass is 19.4.